The Morgan fingerprint density at radius 3 is 2.19 bits per heavy atom. The van der Waals surface area contributed by atoms with Crippen LogP contribution in [0.1, 0.15) is 44.1 Å². The molecule has 252 valence electrons. The van der Waals surface area contributed by atoms with Crippen LogP contribution in [0, 0.1) is 10.1 Å². The molecule has 0 spiro atoms. The van der Waals surface area contributed by atoms with Crippen LogP contribution in [-0.2, 0) is 50.2 Å². The monoisotopic (exact) mass is 695 g/mol. The number of nitrogens with one attached hydrogen (secondary N) is 1. The molecule has 47 heavy (non-hydrogen) atoms. The number of benzene rings is 2. The van der Waals surface area contributed by atoms with Gasteiger partial charge in [-0.1, -0.05) is 6.07 Å². The van der Waals surface area contributed by atoms with Gasteiger partial charge in [-0.25, -0.2) is 4.79 Å². The Morgan fingerprint density at radius 2 is 1.66 bits per heavy atom. The van der Waals surface area contributed by atoms with Crippen LogP contribution in [0.25, 0.3) is 0 Å². The van der Waals surface area contributed by atoms with Crippen LogP contribution in [0.3, 0.4) is 0 Å². The number of carbonyl (C=O) groups is 5. The molecule has 2 saturated heterocycles. The van der Waals surface area contributed by atoms with Gasteiger partial charge in [0.2, 0.25) is 5.91 Å². The first-order valence-electron chi connectivity index (χ1n) is 13.6. The van der Waals surface area contributed by atoms with Crippen LogP contribution in [0.5, 0.6) is 11.5 Å². The highest BCUT2D eigenvalue weighted by molar-refractivity contribution is 8.01. The van der Waals surface area contributed by atoms with E-state index in [2.05, 4.69) is 5.32 Å². The largest absolute Gasteiger partial charge is 0.457 e. The van der Waals surface area contributed by atoms with Crippen molar-refractivity contribution in [2.75, 3.05) is 7.11 Å². The van der Waals surface area contributed by atoms with E-state index in [1.165, 1.54) is 31.4 Å². The predicted molar refractivity (Wildman–Crippen MR) is 160 cm³/mol. The number of nitrogens with zero attached hydrogens (tertiary/aromatic N) is 2. The van der Waals surface area contributed by atoms with Gasteiger partial charge < -0.3 is 24.3 Å². The van der Waals surface area contributed by atoms with E-state index in [0.29, 0.717) is 5.56 Å². The molecule has 19 heteroatoms. The van der Waals surface area contributed by atoms with Crippen LogP contribution in [0.4, 0.5) is 5.69 Å². The van der Waals surface area contributed by atoms with Gasteiger partial charge >= 0.3 is 17.9 Å². The molecule has 4 rings (SSSR count). The Balaban J connectivity index is 1.57. The normalized spacial score (nSPS) is 21.9. The van der Waals surface area contributed by atoms with Crippen LogP contribution in [-0.4, -0.2) is 81.5 Å². The molecule has 17 nitrogen and oxygen atoms in total. The molecule has 2 heterocycles. The molecule has 0 saturated carbocycles. The molecule has 0 aliphatic carbocycles. The molecule has 2 amide bonds. The molecule has 2 aromatic carbocycles. The van der Waals surface area contributed by atoms with Gasteiger partial charge in [0, 0.05) is 33.1 Å². The molecule has 2 fully saturated rings. The van der Waals surface area contributed by atoms with Crippen molar-refractivity contribution in [1.29, 1.82) is 0 Å². The maximum absolute atomic E-state index is 13.5. The second-order valence-corrected chi connectivity index (χ2v) is 14.1. The number of carbonyl (C=O) groups excluding carboxylic acids is 5. The molecule has 2 N–H and O–H groups in total. The van der Waals surface area contributed by atoms with E-state index in [0.717, 1.165) is 48.7 Å². The topological polar surface area (TPSA) is 235 Å². The Hall–Kier alpha value is -4.59. The van der Waals surface area contributed by atoms with Crippen molar-refractivity contribution in [1.82, 2.24) is 10.2 Å². The molecule has 0 aromatic heterocycles. The Bertz CT molecular complexity index is 1760. The number of methoxy groups -OCH3 is 1. The van der Waals surface area contributed by atoms with E-state index >= 15 is 0 Å². The van der Waals surface area contributed by atoms with Crippen molar-refractivity contribution in [3.63, 3.8) is 0 Å². The summed E-state index contributed by atoms with van der Waals surface area (Å²) in [7, 11) is -4.01. The van der Waals surface area contributed by atoms with E-state index in [9.17, 15) is 47.1 Å². The molecule has 2 aromatic rings. The lowest BCUT2D eigenvalue weighted by Crippen LogP contribution is -2.76. The number of fused-ring (bicyclic) bond motifs is 1. The van der Waals surface area contributed by atoms with Crippen molar-refractivity contribution < 1.29 is 60.8 Å². The molecule has 1 unspecified atom stereocenters. The summed E-state index contributed by atoms with van der Waals surface area (Å²) in [5, 5.41) is 9.97. The second-order valence-electron chi connectivity index (χ2n) is 10.8. The molecule has 4 atom stereocenters. The summed E-state index contributed by atoms with van der Waals surface area (Å²) in [5.41, 5.74) is -2.12. The maximum atomic E-state index is 13.5. The molecule has 0 radical (unpaired) electrons. The van der Waals surface area contributed by atoms with Crippen molar-refractivity contribution in [2.24, 2.45) is 0 Å². The average Bonchev–Trinajstić information content (AvgIpc) is 3.19. The highest BCUT2D eigenvalue weighted by Crippen LogP contribution is 2.57. The quantitative estimate of drug-likeness (QED) is 0.0849. The van der Waals surface area contributed by atoms with Gasteiger partial charge in [0.25, 0.3) is 27.4 Å². The number of non-ortho nitro benzene ring substituents is 1. The number of esters is 3. The summed E-state index contributed by atoms with van der Waals surface area (Å²) < 4.78 is 54.7. The SMILES string of the molecule is CO[C@@]1(C(=O)OCc2ccc([N+](=O)[O-])cc2)N2C(=O)[C@H](NC(=O)C(c3ccc(OC(C)=O)c(OC(C)=O)c3)S(=O)(=O)O)[C@H]2SC1(C)C. The number of rotatable bonds is 11. The highest BCUT2D eigenvalue weighted by atomic mass is 32.2. The van der Waals surface area contributed by atoms with Gasteiger partial charge in [-0.05, 0) is 49.2 Å². The fourth-order valence-electron chi connectivity index (χ4n) is 5.31. The van der Waals surface area contributed by atoms with E-state index in [1.807, 2.05) is 0 Å². The minimum Gasteiger partial charge on any atom is -0.457 e. The summed E-state index contributed by atoms with van der Waals surface area (Å²) in [5.74, 6) is -5.44. The first-order valence-corrected chi connectivity index (χ1v) is 16.0. The van der Waals surface area contributed by atoms with Crippen molar-refractivity contribution in [3.8, 4) is 11.5 Å². The Kier molecular flexibility index (Phi) is 9.68. The maximum Gasteiger partial charge on any atom is 0.361 e. The van der Waals surface area contributed by atoms with Crippen LogP contribution in [0.15, 0.2) is 42.5 Å². The minimum atomic E-state index is -5.20. The van der Waals surface area contributed by atoms with Gasteiger partial charge in [0.15, 0.2) is 16.7 Å². The number of thioether (sulfide) groups is 1. The van der Waals surface area contributed by atoms with Gasteiger partial charge in [-0.15, -0.1) is 11.8 Å². The molecule has 0 bridgehead atoms. The first-order chi connectivity index (χ1) is 21.8. The average molecular weight is 696 g/mol. The summed E-state index contributed by atoms with van der Waals surface area (Å²) in [6, 6.07) is 6.90. The van der Waals surface area contributed by atoms with E-state index < -0.39 is 77.7 Å². The smallest absolute Gasteiger partial charge is 0.361 e. The molecular weight excluding hydrogens is 666 g/mol. The zero-order chi connectivity index (χ0) is 35.1. The minimum absolute atomic E-state index is 0.163. The zero-order valence-corrected chi connectivity index (χ0v) is 27.1. The Labute approximate surface area is 271 Å². The van der Waals surface area contributed by atoms with Crippen LogP contribution >= 0.6 is 11.8 Å². The van der Waals surface area contributed by atoms with Crippen molar-refractivity contribution in [3.05, 3.63) is 63.7 Å². The number of nitro groups is 1. The van der Waals surface area contributed by atoms with Gasteiger partial charge in [0.1, 0.15) is 18.0 Å². The predicted octanol–water partition coefficient (Wildman–Crippen LogP) is 1.64. The lowest BCUT2D eigenvalue weighted by atomic mass is 9.91. The number of ether oxygens (including phenoxy) is 4. The van der Waals surface area contributed by atoms with Gasteiger partial charge in [-0.3, -0.25) is 38.7 Å². The lowest BCUT2D eigenvalue weighted by Gasteiger charge is -2.49. The summed E-state index contributed by atoms with van der Waals surface area (Å²) in [4.78, 5) is 74.8. The van der Waals surface area contributed by atoms with Gasteiger partial charge in [-0.2, -0.15) is 8.42 Å². The number of hydrogen-bond donors (Lipinski definition) is 2. The number of hydrogen-bond acceptors (Lipinski definition) is 14. The summed E-state index contributed by atoms with van der Waals surface area (Å²) in [6.45, 7) is 4.98. The number of β-lactam (4-membered cyclic amide) rings is 1. The fraction of sp³-hybridized carbons (Fsp3) is 0.393. The number of nitro benzene ring substituents is 1. The summed E-state index contributed by atoms with van der Waals surface area (Å²) in [6.07, 6.45) is 0. The molecule has 2 aliphatic heterocycles. The standard InChI is InChI=1S/C28H29N3O14S2/c1-14(32)44-19-11-8-17(12-20(19)45-15(2)33)22(47(39,40)41)23(34)29-21-24(35)30-25(21)46-27(3,4)28(30,42-5)26(36)43-13-16-6-9-18(10-7-16)31(37)38/h6-12,21-22,25H,13H2,1-5H3,(H,29,34)(H,39,40,41)/t21-,22?,25+,28+/m0/s1. The number of amides is 2. The zero-order valence-electron chi connectivity index (χ0n) is 25.4. The van der Waals surface area contributed by atoms with Crippen LogP contribution < -0.4 is 14.8 Å². The summed E-state index contributed by atoms with van der Waals surface area (Å²) >= 11 is 1.06. The van der Waals surface area contributed by atoms with Gasteiger partial charge in [0.05, 0.1) is 9.67 Å². The molecule has 2 aliphatic rings. The first kappa shape index (κ1) is 35.3. The third-order valence-corrected chi connectivity index (χ3v) is 9.99. The van der Waals surface area contributed by atoms with E-state index in [-0.39, 0.29) is 23.6 Å². The van der Waals surface area contributed by atoms with Crippen molar-refractivity contribution >= 4 is 57.3 Å². The highest BCUT2D eigenvalue weighted by Gasteiger charge is 2.74. The Morgan fingerprint density at radius 1 is 1.06 bits per heavy atom. The fourth-order valence-corrected chi connectivity index (χ4v) is 7.84. The third kappa shape index (κ3) is 6.64. The van der Waals surface area contributed by atoms with E-state index in [4.69, 9.17) is 18.9 Å². The van der Waals surface area contributed by atoms with E-state index in [1.54, 1.807) is 13.8 Å². The van der Waals surface area contributed by atoms with Crippen LogP contribution in [0.2, 0.25) is 0 Å². The third-order valence-electron chi connectivity index (χ3n) is 7.31. The molecular formula is C28H29N3O14S2. The van der Waals surface area contributed by atoms with Crippen molar-refractivity contribution in [2.45, 2.75) is 61.4 Å². The lowest BCUT2D eigenvalue weighted by molar-refractivity contribution is -0.384. The second kappa shape index (κ2) is 12.9.